The molecule has 5 nitrogen and oxygen atoms in total. The first-order chi connectivity index (χ1) is 7.66. The average Bonchev–Trinajstić information content (AvgIpc) is 2.71. The second-order valence-corrected chi connectivity index (χ2v) is 3.06. The van der Waals surface area contributed by atoms with Crippen molar-refractivity contribution in [3.8, 4) is 11.6 Å². The number of anilines is 1. The summed E-state index contributed by atoms with van der Waals surface area (Å²) in [5.74, 6) is 0.365. The molecule has 0 saturated carbocycles. The maximum absolute atomic E-state index is 5.34. The van der Waals surface area contributed by atoms with E-state index in [9.17, 15) is 0 Å². The molecule has 2 aromatic rings. The number of nitrogen functional groups attached to an aromatic ring is 1. The van der Waals surface area contributed by atoms with Gasteiger partial charge in [-0.1, -0.05) is 25.0 Å². The minimum Gasteiger partial charge on any atom is -0.402 e. The Balaban J connectivity index is 0.000000606. The third kappa shape index (κ3) is 2.56. The maximum atomic E-state index is 5.34. The molecule has 0 amide bonds. The molecule has 2 aromatic heterocycles. The van der Waals surface area contributed by atoms with E-state index < -0.39 is 0 Å². The van der Waals surface area contributed by atoms with E-state index in [-0.39, 0.29) is 6.01 Å². The molecule has 0 aliphatic rings. The van der Waals surface area contributed by atoms with E-state index in [0.717, 1.165) is 11.3 Å². The Morgan fingerprint density at radius 3 is 2.38 bits per heavy atom. The summed E-state index contributed by atoms with van der Waals surface area (Å²) in [4.78, 5) is 4.30. The monoisotopic (exact) mass is 220 g/mol. The fraction of sp³-hybridized carbons (Fsp3) is 0.364. The largest absolute Gasteiger partial charge is 0.402 e. The van der Waals surface area contributed by atoms with E-state index in [1.807, 2.05) is 39.8 Å². The van der Waals surface area contributed by atoms with Crippen LogP contribution in [0.4, 0.5) is 6.01 Å². The van der Waals surface area contributed by atoms with E-state index in [0.29, 0.717) is 11.6 Å². The molecule has 0 bridgehead atoms. The molecule has 0 aliphatic heterocycles. The van der Waals surface area contributed by atoms with Crippen molar-refractivity contribution in [2.24, 2.45) is 0 Å². The number of aromatic nitrogens is 3. The van der Waals surface area contributed by atoms with Gasteiger partial charge in [0.15, 0.2) is 0 Å². The Hall–Kier alpha value is -1.91. The third-order valence-electron chi connectivity index (χ3n) is 1.88. The zero-order valence-electron chi connectivity index (χ0n) is 9.98. The average molecular weight is 220 g/mol. The van der Waals surface area contributed by atoms with Crippen molar-refractivity contribution < 1.29 is 4.42 Å². The van der Waals surface area contributed by atoms with Crippen LogP contribution >= 0.6 is 0 Å². The number of nitrogens with zero attached hydrogens (tertiary/aromatic N) is 3. The number of hydrogen-bond acceptors (Lipinski definition) is 5. The molecular formula is C11H16N4O. The highest BCUT2D eigenvalue weighted by Crippen LogP contribution is 2.20. The van der Waals surface area contributed by atoms with Gasteiger partial charge in [-0.05, 0) is 25.5 Å². The van der Waals surface area contributed by atoms with Crippen molar-refractivity contribution in [1.82, 2.24) is 15.2 Å². The normalized spacial score (nSPS) is 9.50. The van der Waals surface area contributed by atoms with Crippen LogP contribution in [-0.2, 0) is 0 Å². The van der Waals surface area contributed by atoms with E-state index in [1.165, 1.54) is 0 Å². The van der Waals surface area contributed by atoms with Crippen LogP contribution in [0.1, 0.15) is 25.1 Å². The van der Waals surface area contributed by atoms with Crippen LogP contribution in [-0.4, -0.2) is 15.2 Å². The van der Waals surface area contributed by atoms with Gasteiger partial charge in [0.2, 0.25) is 0 Å². The second kappa shape index (κ2) is 5.25. The molecule has 0 aromatic carbocycles. The Bertz CT molecular complexity index is 465. The second-order valence-electron chi connectivity index (χ2n) is 3.06. The highest BCUT2D eigenvalue weighted by atomic mass is 16.4. The van der Waals surface area contributed by atoms with Gasteiger partial charge in [0, 0.05) is 5.69 Å². The zero-order chi connectivity index (χ0) is 12.1. The summed E-state index contributed by atoms with van der Waals surface area (Å²) in [5, 5.41) is 7.37. The van der Waals surface area contributed by atoms with E-state index in [2.05, 4.69) is 15.2 Å². The molecule has 86 valence electrons. The molecule has 0 unspecified atom stereocenters. The maximum Gasteiger partial charge on any atom is 0.313 e. The van der Waals surface area contributed by atoms with Crippen molar-refractivity contribution in [2.45, 2.75) is 27.7 Å². The first-order valence-corrected chi connectivity index (χ1v) is 5.20. The summed E-state index contributed by atoms with van der Waals surface area (Å²) in [7, 11) is 0. The van der Waals surface area contributed by atoms with Gasteiger partial charge in [0.05, 0.1) is 0 Å². The van der Waals surface area contributed by atoms with Gasteiger partial charge in [-0.2, -0.15) is 0 Å². The van der Waals surface area contributed by atoms with Gasteiger partial charge < -0.3 is 10.2 Å². The summed E-state index contributed by atoms with van der Waals surface area (Å²) < 4.78 is 5.10. The van der Waals surface area contributed by atoms with Crippen LogP contribution in [0.2, 0.25) is 0 Å². The lowest BCUT2D eigenvalue weighted by molar-refractivity contribution is 0.587. The van der Waals surface area contributed by atoms with Crippen LogP contribution in [0.5, 0.6) is 0 Å². The van der Waals surface area contributed by atoms with Crippen LogP contribution in [0.25, 0.3) is 11.6 Å². The molecule has 2 N–H and O–H groups in total. The van der Waals surface area contributed by atoms with Crippen molar-refractivity contribution in [1.29, 1.82) is 0 Å². The Labute approximate surface area is 94.7 Å². The van der Waals surface area contributed by atoms with Crippen molar-refractivity contribution in [3.05, 3.63) is 23.4 Å². The minimum absolute atomic E-state index is 0.0581. The first kappa shape index (κ1) is 12.2. The van der Waals surface area contributed by atoms with E-state index in [1.54, 1.807) is 0 Å². The fourth-order valence-corrected chi connectivity index (χ4v) is 1.17. The van der Waals surface area contributed by atoms with Crippen LogP contribution in [0.15, 0.2) is 16.5 Å². The Morgan fingerprint density at radius 1 is 1.12 bits per heavy atom. The highest BCUT2D eigenvalue weighted by molar-refractivity contribution is 5.52. The van der Waals surface area contributed by atoms with E-state index >= 15 is 0 Å². The van der Waals surface area contributed by atoms with Gasteiger partial charge in [0.1, 0.15) is 5.69 Å². The number of hydrogen-bond donors (Lipinski definition) is 1. The lowest BCUT2D eigenvalue weighted by atomic mass is 10.2. The van der Waals surface area contributed by atoms with Crippen LogP contribution < -0.4 is 5.73 Å². The fourth-order valence-electron chi connectivity index (χ4n) is 1.17. The molecule has 2 heterocycles. The van der Waals surface area contributed by atoms with Gasteiger partial charge in [0.25, 0.3) is 5.89 Å². The van der Waals surface area contributed by atoms with Gasteiger partial charge in [-0.25, -0.2) is 4.98 Å². The summed E-state index contributed by atoms with van der Waals surface area (Å²) in [6.45, 7) is 7.84. The quantitative estimate of drug-likeness (QED) is 0.798. The van der Waals surface area contributed by atoms with Gasteiger partial charge >= 0.3 is 6.01 Å². The van der Waals surface area contributed by atoms with Crippen LogP contribution in [0.3, 0.4) is 0 Å². The zero-order valence-corrected chi connectivity index (χ0v) is 9.98. The predicted molar refractivity (Wildman–Crippen MR) is 62.8 cm³/mol. The smallest absolute Gasteiger partial charge is 0.313 e. The molecule has 0 fully saturated rings. The Morgan fingerprint density at radius 2 is 1.81 bits per heavy atom. The van der Waals surface area contributed by atoms with Gasteiger partial charge in [-0.15, -0.1) is 5.10 Å². The summed E-state index contributed by atoms with van der Waals surface area (Å²) in [6, 6.07) is 3.94. The van der Waals surface area contributed by atoms with E-state index in [4.69, 9.17) is 10.2 Å². The molecule has 0 radical (unpaired) electrons. The Kier molecular flexibility index (Phi) is 3.99. The molecule has 5 heteroatoms. The molecular weight excluding hydrogens is 204 g/mol. The minimum atomic E-state index is 0.0581. The molecule has 2 rings (SSSR count). The lowest BCUT2D eigenvalue weighted by Crippen LogP contribution is -1.90. The highest BCUT2D eigenvalue weighted by Gasteiger charge is 2.10. The lowest BCUT2D eigenvalue weighted by Gasteiger charge is -2.00. The molecule has 0 spiro atoms. The van der Waals surface area contributed by atoms with Crippen molar-refractivity contribution >= 4 is 6.01 Å². The van der Waals surface area contributed by atoms with Crippen molar-refractivity contribution in [3.63, 3.8) is 0 Å². The number of pyridine rings is 1. The summed E-state index contributed by atoms with van der Waals surface area (Å²) in [5.41, 5.74) is 7.92. The molecule has 16 heavy (non-hydrogen) atoms. The first-order valence-electron chi connectivity index (χ1n) is 5.20. The topological polar surface area (TPSA) is 77.8 Å². The van der Waals surface area contributed by atoms with Gasteiger partial charge in [-0.3, -0.25) is 0 Å². The number of nitrogens with two attached hydrogens (primary N) is 1. The molecule has 0 saturated heterocycles. The summed E-state index contributed by atoms with van der Waals surface area (Å²) in [6.07, 6.45) is 0. The molecule has 0 aliphatic carbocycles. The number of aryl methyl sites for hydroxylation is 2. The third-order valence-corrected chi connectivity index (χ3v) is 1.88. The summed E-state index contributed by atoms with van der Waals surface area (Å²) >= 11 is 0. The molecule has 0 atom stereocenters. The SMILES string of the molecule is CC.Cc1ccc(C)c(-c2nnc(N)o2)n1. The predicted octanol–water partition coefficient (Wildman–Crippen LogP) is 2.36. The van der Waals surface area contributed by atoms with Crippen LogP contribution in [0, 0.1) is 13.8 Å². The van der Waals surface area contributed by atoms with Crippen molar-refractivity contribution in [2.75, 3.05) is 5.73 Å². The standard InChI is InChI=1S/C9H10N4O.C2H6/c1-5-3-4-6(2)11-7(5)8-12-13-9(10)14-8;1-2/h3-4H,1-2H3,(H2,10,13);1-2H3. The number of rotatable bonds is 1.